The van der Waals surface area contributed by atoms with E-state index in [1.165, 1.54) is 12.0 Å². The Balaban J connectivity index is 1.75. The van der Waals surface area contributed by atoms with Crippen molar-refractivity contribution in [2.45, 2.75) is 52.7 Å². The molecule has 0 saturated heterocycles. The van der Waals surface area contributed by atoms with Crippen molar-refractivity contribution in [1.82, 2.24) is 25.5 Å². The fourth-order valence-electron chi connectivity index (χ4n) is 3.77. The zero-order valence-corrected chi connectivity index (χ0v) is 21.7. The average Bonchev–Trinajstić information content (AvgIpc) is 3.57. The molecule has 11 heteroatoms. The standard InChI is InChI=1S/C26H30N6O5/c1-16-10-12-20(36-16)23(25(34)27-26(3,4)5)32(18-8-7-9-19(14-18)35-6)22(33)15-31-29-24(28-30-31)21-13-11-17(2)37-21/h7-14,23H,15H2,1-6H3,(H,27,34)/t23-/m1/s1. The topological polar surface area (TPSA) is 129 Å². The summed E-state index contributed by atoms with van der Waals surface area (Å²) in [6.07, 6.45) is 0. The monoisotopic (exact) mass is 506 g/mol. The first-order valence-corrected chi connectivity index (χ1v) is 11.7. The highest BCUT2D eigenvalue weighted by molar-refractivity contribution is 6.01. The van der Waals surface area contributed by atoms with Crippen molar-refractivity contribution in [2.24, 2.45) is 0 Å². The number of ether oxygens (including phenoxy) is 1. The first kappa shape index (κ1) is 25.7. The number of aromatic nitrogens is 4. The van der Waals surface area contributed by atoms with Gasteiger partial charge in [0.1, 0.15) is 29.6 Å². The fourth-order valence-corrected chi connectivity index (χ4v) is 3.77. The van der Waals surface area contributed by atoms with E-state index in [0.717, 1.165) is 4.80 Å². The van der Waals surface area contributed by atoms with Crippen LogP contribution in [-0.4, -0.2) is 44.7 Å². The van der Waals surface area contributed by atoms with Gasteiger partial charge in [0, 0.05) is 17.3 Å². The number of rotatable bonds is 8. The minimum Gasteiger partial charge on any atom is -0.497 e. The summed E-state index contributed by atoms with van der Waals surface area (Å²) >= 11 is 0. The molecule has 0 aliphatic rings. The van der Waals surface area contributed by atoms with Gasteiger partial charge in [0.25, 0.3) is 11.8 Å². The minimum atomic E-state index is -1.11. The van der Waals surface area contributed by atoms with Gasteiger partial charge in [-0.25, -0.2) is 0 Å². The Labute approximate surface area is 214 Å². The van der Waals surface area contributed by atoms with Crippen LogP contribution in [0.3, 0.4) is 0 Å². The van der Waals surface area contributed by atoms with Crippen molar-refractivity contribution in [2.75, 3.05) is 12.0 Å². The number of carbonyl (C=O) groups is 2. The maximum absolute atomic E-state index is 13.9. The number of nitrogens with one attached hydrogen (secondary N) is 1. The Hall–Kier alpha value is -4.41. The van der Waals surface area contributed by atoms with Gasteiger partial charge in [-0.05, 0) is 76.2 Å². The highest BCUT2D eigenvalue weighted by Crippen LogP contribution is 2.32. The molecule has 0 bridgehead atoms. The number of amides is 2. The maximum atomic E-state index is 13.9. The summed E-state index contributed by atoms with van der Waals surface area (Å²) in [5.41, 5.74) is -0.113. The summed E-state index contributed by atoms with van der Waals surface area (Å²) in [5, 5.41) is 15.3. The predicted octanol–water partition coefficient (Wildman–Crippen LogP) is 3.84. The first-order chi connectivity index (χ1) is 17.5. The van der Waals surface area contributed by atoms with Gasteiger partial charge in [-0.3, -0.25) is 14.5 Å². The van der Waals surface area contributed by atoms with Crippen molar-refractivity contribution in [3.8, 4) is 17.3 Å². The zero-order chi connectivity index (χ0) is 26.7. The summed E-state index contributed by atoms with van der Waals surface area (Å²) in [6.45, 7) is 8.89. The zero-order valence-electron chi connectivity index (χ0n) is 21.7. The number of hydrogen-bond acceptors (Lipinski definition) is 8. The lowest BCUT2D eigenvalue weighted by atomic mass is 10.1. The molecule has 194 valence electrons. The third-order valence-corrected chi connectivity index (χ3v) is 5.33. The number of methoxy groups -OCH3 is 1. The summed E-state index contributed by atoms with van der Waals surface area (Å²) in [6, 6.07) is 12.7. The average molecular weight is 507 g/mol. The summed E-state index contributed by atoms with van der Waals surface area (Å²) in [5.74, 6) is 1.97. The van der Waals surface area contributed by atoms with E-state index in [-0.39, 0.29) is 12.4 Å². The third kappa shape index (κ3) is 6.05. The summed E-state index contributed by atoms with van der Waals surface area (Å²) in [7, 11) is 1.53. The van der Waals surface area contributed by atoms with Crippen molar-refractivity contribution in [3.63, 3.8) is 0 Å². The molecule has 0 saturated carbocycles. The second-order valence-corrected chi connectivity index (χ2v) is 9.61. The van der Waals surface area contributed by atoms with Crippen molar-refractivity contribution in [1.29, 1.82) is 0 Å². The lowest BCUT2D eigenvalue weighted by molar-refractivity contribution is -0.128. The maximum Gasteiger partial charge on any atom is 0.251 e. The van der Waals surface area contributed by atoms with Crippen LogP contribution < -0.4 is 15.0 Å². The van der Waals surface area contributed by atoms with E-state index in [2.05, 4.69) is 20.7 Å². The third-order valence-electron chi connectivity index (χ3n) is 5.33. The van der Waals surface area contributed by atoms with Crippen molar-refractivity contribution < 1.29 is 23.2 Å². The van der Waals surface area contributed by atoms with Crippen LogP contribution in [0.4, 0.5) is 5.69 Å². The van der Waals surface area contributed by atoms with E-state index in [1.54, 1.807) is 55.5 Å². The van der Waals surface area contributed by atoms with Gasteiger partial charge in [0.2, 0.25) is 5.82 Å². The molecule has 37 heavy (non-hydrogen) atoms. The molecule has 0 aliphatic heterocycles. The number of carbonyl (C=O) groups excluding carboxylic acids is 2. The molecule has 0 unspecified atom stereocenters. The highest BCUT2D eigenvalue weighted by atomic mass is 16.5. The molecule has 1 aromatic carbocycles. The molecule has 0 spiro atoms. The molecular formula is C26H30N6O5. The molecule has 3 aromatic heterocycles. The number of benzene rings is 1. The molecule has 0 radical (unpaired) electrons. The van der Waals surface area contributed by atoms with Crippen LogP contribution in [0.15, 0.2) is 57.4 Å². The summed E-state index contributed by atoms with van der Waals surface area (Å²) in [4.78, 5) is 30.0. The molecule has 0 fully saturated rings. The van der Waals surface area contributed by atoms with E-state index in [4.69, 9.17) is 13.6 Å². The van der Waals surface area contributed by atoms with Crippen molar-refractivity contribution in [3.05, 3.63) is 65.8 Å². The molecule has 1 N–H and O–H groups in total. The van der Waals surface area contributed by atoms with Crippen LogP contribution in [0.5, 0.6) is 5.75 Å². The molecule has 2 amide bonds. The molecule has 3 heterocycles. The predicted molar refractivity (Wildman–Crippen MR) is 135 cm³/mol. The Kier molecular flexibility index (Phi) is 7.14. The molecule has 0 aliphatic carbocycles. The van der Waals surface area contributed by atoms with Crippen LogP contribution in [0.1, 0.15) is 44.1 Å². The number of tetrazole rings is 1. The number of furan rings is 2. The molecule has 11 nitrogen and oxygen atoms in total. The van der Waals surface area contributed by atoms with Crippen LogP contribution >= 0.6 is 0 Å². The molecule has 4 rings (SSSR count). The smallest absolute Gasteiger partial charge is 0.251 e. The van der Waals surface area contributed by atoms with Crippen LogP contribution in [0.25, 0.3) is 11.6 Å². The van der Waals surface area contributed by atoms with Gasteiger partial charge in [-0.2, -0.15) is 4.80 Å². The second-order valence-electron chi connectivity index (χ2n) is 9.61. The number of hydrogen-bond donors (Lipinski definition) is 1. The molecular weight excluding hydrogens is 476 g/mol. The van der Waals surface area contributed by atoms with Gasteiger partial charge in [-0.1, -0.05) is 6.07 Å². The largest absolute Gasteiger partial charge is 0.497 e. The van der Waals surface area contributed by atoms with Crippen LogP contribution in [0, 0.1) is 13.8 Å². The SMILES string of the molecule is COc1cccc(N(C(=O)Cn2nnc(-c3ccc(C)o3)n2)[C@@H](C(=O)NC(C)(C)C)c2ccc(C)o2)c1. The van der Waals surface area contributed by atoms with Gasteiger partial charge in [0.05, 0.1) is 7.11 Å². The van der Waals surface area contributed by atoms with Gasteiger partial charge >= 0.3 is 0 Å². The van der Waals surface area contributed by atoms with Gasteiger partial charge in [-0.15, -0.1) is 10.2 Å². The number of nitrogens with zero attached hydrogens (tertiary/aromatic N) is 5. The summed E-state index contributed by atoms with van der Waals surface area (Å²) < 4.78 is 16.8. The van der Waals surface area contributed by atoms with Gasteiger partial charge in [0.15, 0.2) is 11.8 Å². The normalized spacial score (nSPS) is 12.3. The lowest BCUT2D eigenvalue weighted by Crippen LogP contribution is -2.50. The minimum absolute atomic E-state index is 0.248. The fraction of sp³-hybridized carbons (Fsp3) is 0.346. The number of aryl methyl sites for hydroxylation is 2. The van der Waals surface area contributed by atoms with E-state index in [9.17, 15) is 9.59 Å². The van der Waals surface area contributed by atoms with Crippen LogP contribution in [0.2, 0.25) is 0 Å². The lowest BCUT2D eigenvalue weighted by Gasteiger charge is -2.32. The van der Waals surface area contributed by atoms with E-state index in [0.29, 0.717) is 34.5 Å². The van der Waals surface area contributed by atoms with Crippen molar-refractivity contribution >= 4 is 17.5 Å². The Morgan fingerprint density at radius 3 is 2.43 bits per heavy atom. The Morgan fingerprint density at radius 1 is 1.08 bits per heavy atom. The number of anilines is 1. The highest BCUT2D eigenvalue weighted by Gasteiger charge is 2.37. The first-order valence-electron chi connectivity index (χ1n) is 11.7. The second kappa shape index (κ2) is 10.3. The Morgan fingerprint density at radius 2 is 1.81 bits per heavy atom. The van der Waals surface area contributed by atoms with Crippen LogP contribution in [-0.2, 0) is 16.1 Å². The molecule has 4 aromatic rings. The molecule has 1 atom stereocenters. The van der Waals surface area contributed by atoms with E-state index >= 15 is 0 Å². The Bertz CT molecular complexity index is 1400. The van der Waals surface area contributed by atoms with E-state index < -0.39 is 23.4 Å². The quantitative estimate of drug-likeness (QED) is 0.382. The van der Waals surface area contributed by atoms with Gasteiger partial charge < -0.3 is 18.9 Å². The van der Waals surface area contributed by atoms with E-state index in [1.807, 2.05) is 27.7 Å².